The van der Waals surface area contributed by atoms with Crippen LogP contribution < -0.4 is 5.73 Å². The summed E-state index contributed by atoms with van der Waals surface area (Å²) in [7, 11) is 0. The molecule has 0 atom stereocenters. The van der Waals surface area contributed by atoms with Gasteiger partial charge >= 0.3 is 0 Å². The molecule has 2 aromatic carbocycles. The van der Waals surface area contributed by atoms with Crippen LogP contribution in [0, 0.1) is 19.7 Å². The third-order valence-corrected chi connectivity index (χ3v) is 3.84. The molecule has 2 nitrogen and oxygen atoms in total. The van der Waals surface area contributed by atoms with E-state index in [1.165, 1.54) is 12.1 Å². The van der Waals surface area contributed by atoms with E-state index in [-0.39, 0.29) is 11.3 Å². The maximum Gasteiger partial charge on any atom is 0.196 e. The summed E-state index contributed by atoms with van der Waals surface area (Å²) in [6.07, 6.45) is 0. The number of benzene rings is 2. The fraction of sp³-hybridized carbons (Fsp3) is 0.133. The predicted molar refractivity (Wildman–Crippen MR) is 77.9 cm³/mol. The minimum absolute atomic E-state index is 0.0408. The van der Waals surface area contributed by atoms with Crippen LogP contribution in [0.25, 0.3) is 0 Å². The molecule has 0 spiro atoms. The first-order valence-electron chi connectivity index (χ1n) is 5.76. The molecule has 4 heteroatoms. The lowest BCUT2D eigenvalue weighted by atomic mass is 9.97. The summed E-state index contributed by atoms with van der Waals surface area (Å²) in [5.41, 5.74) is 8.07. The summed E-state index contributed by atoms with van der Waals surface area (Å²) in [4.78, 5) is 12.4. The third kappa shape index (κ3) is 2.68. The fourth-order valence-electron chi connectivity index (χ4n) is 1.89. The number of hydrogen-bond acceptors (Lipinski definition) is 2. The number of carbonyl (C=O) groups is 1. The zero-order chi connectivity index (χ0) is 14.2. The molecule has 0 radical (unpaired) electrons. The van der Waals surface area contributed by atoms with E-state index in [9.17, 15) is 9.18 Å². The number of carbonyl (C=O) groups excluding carboxylic acids is 1. The van der Waals surface area contributed by atoms with Crippen molar-refractivity contribution < 1.29 is 9.18 Å². The molecule has 0 heterocycles. The molecule has 2 rings (SSSR count). The van der Waals surface area contributed by atoms with Gasteiger partial charge in [-0.25, -0.2) is 4.39 Å². The first-order valence-corrected chi connectivity index (χ1v) is 6.56. The summed E-state index contributed by atoms with van der Waals surface area (Å²) in [5, 5.41) is 0. The van der Waals surface area contributed by atoms with Crippen molar-refractivity contribution in [3.05, 3.63) is 62.9 Å². The number of anilines is 1. The number of nitrogens with two attached hydrogens (primary N) is 1. The third-order valence-electron chi connectivity index (χ3n) is 2.99. The Morgan fingerprint density at radius 2 is 1.79 bits per heavy atom. The van der Waals surface area contributed by atoms with E-state index in [0.29, 0.717) is 11.3 Å². The molecular formula is C15H13BrFNO. The van der Waals surface area contributed by atoms with Gasteiger partial charge in [-0.1, -0.05) is 15.9 Å². The monoisotopic (exact) mass is 321 g/mol. The standard InChI is InChI=1S/C15H13BrFNO/c1-8-6-13(16)9(2)5-12(8)15(19)11-4-3-10(18)7-14(11)17/h3-7H,18H2,1-2H3. The van der Waals surface area contributed by atoms with Crippen molar-refractivity contribution in [2.24, 2.45) is 0 Å². The van der Waals surface area contributed by atoms with Crippen LogP contribution in [-0.4, -0.2) is 5.78 Å². The van der Waals surface area contributed by atoms with Crippen molar-refractivity contribution >= 4 is 27.4 Å². The van der Waals surface area contributed by atoms with E-state index in [4.69, 9.17) is 5.73 Å². The van der Waals surface area contributed by atoms with Gasteiger partial charge in [0, 0.05) is 15.7 Å². The molecule has 0 saturated heterocycles. The number of ketones is 1. The van der Waals surface area contributed by atoms with Gasteiger partial charge < -0.3 is 5.73 Å². The molecule has 0 amide bonds. The highest BCUT2D eigenvalue weighted by molar-refractivity contribution is 9.10. The highest BCUT2D eigenvalue weighted by Crippen LogP contribution is 2.24. The Hall–Kier alpha value is -1.68. The summed E-state index contributed by atoms with van der Waals surface area (Å²) in [6, 6.07) is 7.73. The predicted octanol–water partition coefficient (Wildman–Crippen LogP) is 4.02. The topological polar surface area (TPSA) is 43.1 Å². The number of rotatable bonds is 2. The van der Waals surface area contributed by atoms with E-state index in [2.05, 4.69) is 15.9 Å². The van der Waals surface area contributed by atoms with Gasteiger partial charge in [-0.15, -0.1) is 0 Å². The average Bonchev–Trinajstić information content (AvgIpc) is 2.33. The second kappa shape index (κ2) is 5.13. The van der Waals surface area contributed by atoms with E-state index >= 15 is 0 Å². The molecule has 0 aliphatic carbocycles. The molecule has 19 heavy (non-hydrogen) atoms. The van der Waals surface area contributed by atoms with Crippen LogP contribution >= 0.6 is 15.9 Å². The molecule has 2 N–H and O–H groups in total. The van der Waals surface area contributed by atoms with E-state index in [0.717, 1.165) is 21.7 Å². The van der Waals surface area contributed by atoms with E-state index < -0.39 is 5.82 Å². The van der Waals surface area contributed by atoms with Gasteiger partial charge in [0.1, 0.15) is 5.82 Å². The first kappa shape index (κ1) is 13.7. The van der Waals surface area contributed by atoms with Crippen molar-refractivity contribution in [2.75, 3.05) is 5.73 Å². The second-order valence-electron chi connectivity index (χ2n) is 4.48. The molecule has 0 unspecified atom stereocenters. The van der Waals surface area contributed by atoms with Gasteiger partial charge in [0.05, 0.1) is 5.56 Å². The van der Waals surface area contributed by atoms with Gasteiger partial charge in [0.2, 0.25) is 0 Å². The first-order chi connectivity index (χ1) is 8.90. The molecule has 0 saturated carbocycles. The van der Waals surface area contributed by atoms with Crippen LogP contribution in [0.3, 0.4) is 0 Å². The van der Waals surface area contributed by atoms with Crippen molar-refractivity contribution in [1.29, 1.82) is 0 Å². The quantitative estimate of drug-likeness (QED) is 0.670. The van der Waals surface area contributed by atoms with Crippen LogP contribution in [0.4, 0.5) is 10.1 Å². The minimum Gasteiger partial charge on any atom is -0.399 e. The Morgan fingerprint density at radius 3 is 2.42 bits per heavy atom. The summed E-state index contributed by atoms with van der Waals surface area (Å²) < 4.78 is 14.7. The van der Waals surface area contributed by atoms with E-state index in [1.807, 2.05) is 19.9 Å². The maximum absolute atomic E-state index is 13.8. The van der Waals surface area contributed by atoms with Crippen LogP contribution in [0.1, 0.15) is 27.0 Å². The lowest BCUT2D eigenvalue weighted by Crippen LogP contribution is -2.07. The van der Waals surface area contributed by atoms with Crippen LogP contribution in [0.5, 0.6) is 0 Å². The highest BCUT2D eigenvalue weighted by Gasteiger charge is 2.17. The smallest absolute Gasteiger partial charge is 0.196 e. The summed E-state index contributed by atoms with van der Waals surface area (Å²) in [5.74, 6) is -0.921. The Kier molecular flexibility index (Phi) is 3.71. The number of halogens is 2. The zero-order valence-corrected chi connectivity index (χ0v) is 12.2. The molecule has 0 aliphatic rings. The lowest BCUT2D eigenvalue weighted by Gasteiger charge is -2.09. The van der Waals surface area contributed by atoms with Crippen molar-refractivity contribution in [2.45, 2.75) is 13.8 Å². The van der Waals surface area contributed by atoms with Crippen LogP contribution in [0.2, 0.25) is 0 Å². The molecule has 0 aromatic heterocycles. The lowest BCUT2D eigenvalue weighted by molar-refractivity contribution is 0.103. The van der Waals surface area contributed by atoms with Gasteiger partial charge in [-0.3, -0.25) is 4.79 Å². The van der Waals surface area contributed by atoms with Gasteiger partial charge in [-0.2, -0.15) is 0 Å². The minimum atomic E-state index is -0.593. The number of hydrogen-bond donors (Lipinski definition) is 1. The summed E-state index contributed by atoms with van der Waals surface area (Å²) >= 11 is 3.41. The number of nitrogen functional groups attached to an aromatic ring is 1. The zero-order valence-electron chi connectivity index (χ0n) is 10.6. The van der Waals surface area contributed by atoms with Gasteiger partial charge in [0.15, 0.2) is 5.78 Å². The molecule has 0 fully saturated rings. The van der Waals surface area contributed by atoms with Crippen LogP contribution in [-0.2, 0) is 0 Å². The average molecular weight is 322 g/mol. The molecule has 0 aliphatic heterocycles. The van der Waals surface area contributed by atoms with Crippen LogP contribution in [0.15, 0.2) is 34.8 Å². The van der Waals surface area contributed by atoms with Gasteiger partial charge in [0.25, 0.3) is 0 Å². The molecule has 2 aromatic rings. The molecule has 98 valence electrons. The molecule has 0 bridgehead atoms. The SMILES string of the molecule is Cc1cc(C(=O)c2ccc(N)cc2F)c(C)cc1Br. The largest absolute Gasteiger partial charge is 0.399 e. The van der Waals surface area contributed by atoms with Crippen molar-refractivity contribution in [1.82, 2.24) is 0 Å². The summed E-state index contributed by atoms with van der Waals surface area (Å²) in [6.45, 7) is 3.71. The van der Waals surface area contributed by atoms with E-state index in [1.54, 1.807) is 6.07 Å². The maximum atomic E-state index is 13.8. The van der Waals surface area contributed by atoms with Crippen molar-refractivity contribution in [3.63, 3.8) is 0 Å². The molecular weight excluding hydrogens is 309 g/mol. The van der Waals surface area contributed by atoms with Crippen molar-refractivity contribution in [3.8, 4) is 0 Å². The normalized spacial score (nSPS) is 10.5. The second-order valence-corrected chi connectivity index (χ2v) is 5.34. The fourth-order valence-corrected chi connectivity index (χ4v) is 2.34. The Labute approximate surface area is 119 Å². The van der Waals surface area contributed by atoms with Gasteiger partial charge in [-0.05, 0) is 55.3 Å². The number of aryl methyl sites for hydroxylation is 2. The Bertz CT molecular complexity index is 667. The Balaban J connectivity index is 2.53. The highest BCUT2D eigenvalue weighted by atomic mass is 79.9. The Morgan fingerprint density at radius 1 is 1.11 bits per heavy atom.